The van der Waals surface area contributed by atoms with Crippen LogP contribution in [0.1, 0.15) is 39.3 Å². The molecule has 4 nitrogen and oxygen atoms in total. The second-order valence-corrected chi connectivity index (χ2v) is 5.18. The maximum Gasteiger partial charge on any atom is 0.263 e. The average molecular weight is 299 g/mol. The van der Waals surface area contributed by atoms with E-state index in [1.54, 1.807) is 30.0 Å². The lowest BCUT2D eigenvalue weighted by atomic mass is 10.1. The summed E-state index contributed by atoms with van der Waals surface area (Å²) in [5.41, 5.74) is 6.72. The highest BCUT2D eigenvalue weighted by Crippen LogP contribution is 2.28. The minimum atomic E-state index is -0.548. The van der Waals surface area contributed by atoms with Crippen molar-refractivity contribution in [3.8, 4) is 5.75 Å². The van der Waals surface area contributed by atoms with Crippen LogP contribution in [-0.4, -0.2) is 30.0 Å². The predicted molar refractivity (Wildman–Crippen MR) is 82.1 cm³/mol. The molecule has 2 atom stereocenters. The third-order valence-corrected chi connectivity index (χ3v) is 3.42. The zero-order valence-corrected chi connectivity index (χ0v) is 13.3. The highest BCUT2D eigenvalue weighted by Gasteiger charge is 2.21. The van der Waals surface area contributed by atoms with E-state index in [2.05, 4.69) is 0 Å². The fourth-order valence-corrected chi connectivity index (χ4v) is 2.20. The van der Waals surface area contributed by atoms with E-state index in [1.807, 2.05) is 20.8 Å². The Balaban J connectivity index is 2.90. The van der Waals surface area contributed by atoms with Crippen LogP contribution in [0.4, 0.5) is 0 Å². The van der Waals surface area contributed by atoms with Crippen molar-refractivity contribution in [3.63, 3.8) is 0 Å². The van der Waals surface area contributed by atoms with Crippen LogP contribution in [0.5, 0.6) is 5.75 Å². The van der Waals surface area contributed by atoms with E-state index >= 15 is 0 Å². The van der Waals surface area contributed by atoms with E-state index in [9.17, 15) is 4.79 Å². The van der Waals surface area contributed by atoms with Gasteiger partial charge >= 0.3 is 0 Å². The van der Waals surface area contributed by atoms with Crippen molar-refractivity contribution in [2.75, 3.05) is 13.1 Å². The third-order valence-electron chi connectivity index (χ3n) is 3.19. The summed E-state index contributed by atoms with van der Waals surface area (Å²) in [7, 11) is 0. The van der Waals surface area contributed by atoms with Crippen molar-refractivity contribution >= 4 is 17.5 Å². The first-order valence-corrected chi connectivity index (χ1v) is 7.28. The van der Waals surface area contributed by atoms with Gasteiger partial charge in [0.25, 0.3) is 5.91 Å². The summed E-state index contributed by atoms with van der Waals surface area (Å²) in [6.07, 6.45) is -0.548. The van der Waals surface area contributed by atoms with Gasteiger partial charge < -0.3 is 15.4 Å². The molecule has 0 saturated carbocycles. The number of likely N-dealkylation sites (N-methyl/N-ethyl adjacent to an activating group) is 1. The van der Waals surface area contributed by atoms with Crippen molar-refractivity contribution in [1.82, 2.24) is 4.90 Å². The maximum atomic E-state index is 12.2. The molecule has 1 rings (SSSR count). The van der Waals surface area contributed by atoms with Gasteiger partial charge in [-0.3, -0.25) is 4.79 Å². The number of carbonyl (C=O) groups excluding carboxylic acids is 1. The van der Waals surface area contributed by atoms with Crippen molar-refractivity contribution in [1.29, 1.82) is 0 Å². The van der Waals surface area contributed by atoms with Gasteiger partial charge in [-0.2, -0.15) is 0 Å². The van der Waals surface area contributed by atoms with Crippen LogP contribution >= 0.6 is 11.6 Å². The minimum absolute atomic E-state index is 0.0272. The average Bonchev–Trinajstić information content (AvgIpc) is 2.41. The normalized spacial score (nSPS) is 13.7. The Morgan fingerprint density at radius 1 is 1.35 bits per heavy atom. The summed E-state index contributed by atoms with van der Waals surface area (Å²) < 4.78 is 5.78. The highest BCUT2D eigenvalue weighted by atomic mass is 35.5. The van der Waals surface area contributed by atoms with Gasteiger partial charge in [-0.15, -0.1) is 0 Å². The Morgan fingerprint density at radius 3 is 2.45 bits per heavy atom. The Bertz CT molecular complexity index is 459. The molecule has 0 saturated heterocycles. The molecule has 0 heterocycles. The molecule has 20 heavy (non-hydrogen) atoms. The van der Waals surface area contributed by atoms with Gasteiger partial charge in [0.15, 0.2) is 6.10 Å². The summed E-state index contributed by atoms with van der Waals surface area (Å²) in [6.45, 7) is 8.84. The predicted octanol–water partition coefficient (Wildman–Crippen LogP) is 3.00. The SMILES string of the molecule is CCN(CC)C(=O)C(C)Oc1ccc(Cl)cc1C(C)N. The van der Waals surface area contributed by atoms with Crippen molar-refractivity contribution in [2.24, 2.45) is 5.73 Å². The second-order valence-electron chi connectivity index (χ2n) is 4.74. The lowest BCUT2D eigenvalue weighted by Gasteiger charge is -2.24. The van der Waals surface area contributed by atoms with Gasteiger partial charge in [-0.05, 0) is 45.9 Å². The monoisotopic (exact) mass is 298 g/mol. The van der Waals surface area contributed by atoms with E-state index in [0.29, 0.717) is 23.9 Å². The molecule has 5 heteroatoms. The lowest BCUT2D eigenvalue weighted by Crippen LogP contribution is -2.40. The molecule has 0 aliphatic heterocycles. The van der Waals surface area contributed by atoms with Gasteiger partial charge in [0, 0.05) is 29.7 Å². The van der Waals surface area contributed by atoms with Crippen LogP contribution < -0.4 is 10.5 Å². The van der Waals surface area contributed by atoms with Crippen molar-refractivity contribution in [3.05, 3.63) is 28.8 Å². The van der Waals surface area contributed by atoms with Crippen LogP contribution in [0, 0.1) is 0 Å². The van der Waals surface area contributed by atoms with E-state index in [-0.39, 0.29) is 11.9 Å². The number of ether oxygens (including phenoxy) is 1. The molecule has 112 valence electrons. The van der Waals surface area contributed by atoms with E-state index in [4.69, 9.17) is 22.1 Å². The quantitative estimate of drug-likeness (QED) is 0.878. The fraction of sp³-hybridized carbons (Fsp3) is 0.533. The van der Waals surface area contributed by atoms with Crippen LogP contribution in [0.2, 0.25) is 5.02 Å². The number of halogens is 1. The van der Waals surface area contributed by atoms with Crippen molar-refractivity contribution < 1.29 is 9.53 Å². The molecule has 0 radical (unpaired) electrons. The van der Waals surface area contributed by atoms with Crippen LogP contribution in [0.15, 0.2) is 18.2 Å². The molecule has 1 aromatic rings. The van der Waals surface area contributed by atoms with E-state index < -0.39 is 6.10 Å². The van der Waals surface area contributed by atoms with Crippen LogP contribution in [0.25, 0.3) is 0 Å². The zero-order valence-electron chi connectivity index (χ0n) is 12.5. The topological polar surface area (TPSA) is 55.6 Å². The van der Waals surface area contributed by atoms with Crippen molar-refractivity contribution in [2.45, 2.75) is 39.8 Å². The number of amides is 1. The molecule has 2 unspecified atom stereocenters. The molecule has 1 amide bonds. The molecule has 2 N–H and O–H groups in total. The Kier molecular flexibility index (Phi) is 6.30. The lowest BCUT2D eigenvalue weighted by molar-refractivity contribution is -0.137. The Morgan fingerprint density at radius 2 is 1.95 bits per heavy atom. The number of hydrogen-bond donors (Lipinski definition) is 1. The summed E-state index contributed by atoms with van der Waals surface area (Å²) in [6, 6.07) is 5.06. The summed E-state index contributed by atoms with van der Waals surface area (Å²) in [5, 5.41) is 0.604. The minimum Gasteiger partial charge on any atom is -0.481 e. The van der Waals surface area contributed by atoms with Crippen LogP contribution in [-0.2, 0) is 4.79 Å². The summed E-state index contributed by atoms with van der Waals surface area (Å²) >= 11 is 5.97. The van der Waals surface area contributed by atoms with Crippen LogP contribution in [0.3, 0.4) is 0 Å². The van der Waals surface area contributed by atoms with Gasteiger partial charge in [0.1, 0.15) is 5.75 Å². The maximum absolute atomic E-state index is 12.2. The number of hydrogen-bond acceptors (Lipinski definition) is 3. The first-order chi connectivity index (χ1) is 9.40. The molecular weight excluding hydrogens is 276 g/mol. The molecular formula is C15H23ClN2O2. The standard InChI is InChI=1S/C15H23ClN2O2/c1-5-18(6-2)15(19)11(4)20-14-8-7-12(16)9-13(14)10(3)17/h7-11H,5-6,17H2,1-4H3. The van der Waals surface area contributed by atoms with Gasteiger partial charge in [0.2, 0.25) is 0 Å². The number of rotatable bonds is 6. The number of carbonyl (C=O) groups is 1. The van der Waals surface area contributed by atoms with E-state index in [0.717, 1.165) is 5.56 Å². The van der Waals surface area contributed by atoms with E-state index in [1.165, 1.54) is 0 Å². The zero-order chi connectivity index (χ0) is 15.3. The third kappa shape index (κ3) is 4.12. The Labute approximate surface area is 125 Å². The summed E-state index contributed by atoms with van der Waals surface area (Å²) in [5.74, 6) is 0.581. The molecule has 0 fully saturated rings. The smallest absolute Gasteiger partial charge is 0.263 e. The van der Waals surface area contributed by atoms with Gasteiger partial charge in [0.05, 0.1) is 0 Å². The molecule has 0 aliphatic carbocycles. The molecule has 0 aliphatic rings. The largest absolute Gasteiger partial charge is 0.481 e. The number of nitrogens with zero attached hydrogens (tertiary/aromatic N) is 1. The summed E-state index contributed by atoms with van der Waals surface area (Å²) in [4.78, 5) is 13.9. The number of nitrogens with two attached hydrogens (primary N) is 1. The Hall–Kier alpha value is -1.26. The molecule has 0 bridgehead atoms. The molecule has 1 aromatic carbocycles. The fourth-order valence-electron chi connectivity index (χ4n) is 2.02. The highest BCUT2D eigenvalue weighted by molar-refractivity contribution is 6.30. The number of benzene rings is 1. The second kappa shape index (κ2) is 7.50. The first-order valence-electron chi connectivity index (χ1n) is 6.91. The molecule has 0 spiro atoms. The van der Waals surface area contributed by atoms with Gasteiger partial charge in [-0.1, -0.05) is 11.6 Å². The first kappa shape index (κ1) is 16.8. The van der Waals surface area contributed by atoms with Gasteiger partial charge in [-0.25, -0.2) is 0 Å². The molecule has 0 aromatic heterocycles.